The minimum absolute atomic E-state index is 0.234. The number of hydrogen-bond donors (Lipinski definition) is 1. The number of amides is 1. The van der Waals surface area contributed by atoms with Gasteiger partial charge < -0.3 is 5.32 Å². The van der Waals surface area contributed by atoms with Crippen LogP contribution < -0.4 is 5.32 Å². The third-order valence-corrected chi connectivity index (χ3v) is 5.38. The molecule has 1 unspecified atom stereocenters. The van der Waals surface area contributed by atoms with Gasteiger partial charge in [-0.2, -0.15) is 0 Å². The van der Waals surface area contributed by atoms with Crippen LogP contribution in [0, 0.1) is 11.8 Å². The predicted molar refractivity (Wildman–Crippen MR) is 81.0 cm³/mol. The number of hydrogen-bond acceptors (Lipinski definition) is 1. The largest absolute Gasteiger partial charge is 0.355 e. The number of carbonyl (C=O) groups excluding carboxylic acids is 1. The van der Waals surface area contributed by atoms with Crippen molar-refractivity contribution in [2.45, 2.75) is 70.0 Å². The van der Waals surface area contributed by atoms with E-state index < -0.39 is 0 Å². The minimum atomic E-state index is 0.234. The first-order valence-electron chi connectivity index (χ1n) is 7.58. The number of carbonyl (C=O) groups is 1. The van der Waals surface area contributed by atoms with Gasteiger partial charge in [0, 0.05) is 17.8 Å². The van der Waals surface area contributed by atoms with Gasteiger partial charge in [0.1, 0.15) is 0 Å². The van der Waals surface area contributed by atoms with Crippen molar-refractivity contribution >= 4 is 21.8 Å². The lowest BCUT2D eigenvalue weighted by Gasteiger charge is -2.20. The fourth-order valence-corrected chi connectivity index (χ4v) is 3.81. The van der Waals surface area contributed by atoms with Gasteiger partial charge in [-0.25, -0.2) is 0 Å². The summed E-state index contributed by atoms with van der Waals surface area (Å²) < 4.78 is 0. The molecule has 1 rings (SSSR count). The zero-order valence-corrected chi connectivity index (χ0v) is 13.5. The summed E-state index contributed by atoms with van der Waals surface area (Å²) in [6.07, 6.45) is 9.55. The Morgan fingerprint density at radius 2 is 1.89 bits per heavy atom. The van der Waals surface area contributed by atoms with Crippen LogP contribution in [0.4, 0.5) is 0 Å². The molecule has 0 radical (unpaired) electrons. The molecule has 1 aliphatic carbocycles. The number of rotatable bonds is 8. The molecule has 0 spiro atoms. The van der Waals surface area contributed by atoms with Crippen LogP contribution in [-0.2, 0) is 4.79 Å². The molecule has 0 bridgehead atoms. The summed E-state index contributed by atoms with van der Waals surface area (Å²) in [5.74, 6) is 1.71. The lowest BCUT2D eigenvalue weighted by atomic mass is 9.99. The Morgan fingerprint density at radius 1 is 1.28 bits per heavy atom. The molecule has 3 heteroatoms. The third kappa shape index (κ3) is 5.73. The van der Waals surface area contributed by atoms with Gasteiger partial charge >= 0.3 is 0 Å². The van der Waals surface area contributed by atoms with Crippen molar-refractivity contribution in [1.29, 1.82) is 0 Å². The van der Waals surface area contributed by atoms with Crippen LogP contribution in [-0.4, -0.2) is 17.3 Å². The van der Waals surface area contributed by atoms with E-state index >= 15 is 0 Å². The first-order chi connectivity index (χ1) is 8.67. The van der Waals surface area contributed by atoms with Crippen molar-refractivity contribution in [3.63, 3.8) is 0 Å². The molecule has 18 heavy (non-hydrogen) atoms. The highest BCUT2D eigenvalue weighted by atomic mass is 79.9. The minimum Gasteiger partial charge on any atom is -0.355 e. The second kappa shape index (κ2) is 8.95. The van der Waals surface area contributed by atoms with E-state index in [-0.39, 0.29) is 5.91 Å². The molecule has 0 heterocycles. The number of halogens is 1. The Hall–Kier alpha value is -0.0500. The quantitative estimate of drug-likeness (QED) is 0.665. The van der Waals surface area contributed by atoms with Gasteiger partial charge in [0.15, 0.2) is 0 Å². The molecule has 0 saturated heterocycles. The lowest BCUT2D eigenvalue weighted by Crippen LogP contribution is -2.32. The molecule has 106 valence electrons. The van der Waals surface area contributed by atoms with Crippen molar-refractivity contribution in [2.75, 3.05) is 6.54 Å². The third-order valence-electron chi connectivity index (χ3n) is 4.31. The maximum Gasteiger partial charge on any atom is 0.220 e. The average molecular weight is 318 g/mol. The van der Waals surface area contributed by atoms with Crippen molar-refractivity contribution in [2.24, 2.45) is 11.8 Å². The van der Waals surface area contributed by atoms with Gasteiger partial charge in [-0.15, -0.1) is 0 Å². The van der Waals surface area contributed by atoms with Crippen molar-refractivity contribution in [3.8, 4) is 0 Å². The normalized spacial score (nSPS) is 18.2. The van der Waals surface area contributed by atoms with Crippen molar-refractivity contribution < 1.29 is 4.79 Å². The van der Waals surface area contributed by atoms with Crippen molar-refractivity contribution in [3.05, 3.63) is 0 Å². The first-order valence-corrected chi connectivity index (χ1v) is 8.49. The highest BCUT2D eigenvalue weighted by Crippen LogP contribution is 2.28. The summed E-state index contributed by atoms with van der Waals surface area (Å²) in [6, 6.07) is 0. The summed E-state index contributed by atoms with van der Waals surface area (Å²) in [5.41, 5.74) is 0. The number of alkyl halides is 1. The van der Waals surface area contributed by atoms with E-state index in [9.17, 15) is 4.79 Å². The zero-order chi connectivity index (χ0) is 13.4. The molecule has 1 atom stereocenters. The fraction of sp³-hybridized carbons (Fsp3) is 0.933. The summed E-state index contributed by atoms with van der Waals surface area (Å²) >= 11 is 3.70. The highest BCUT2D eigenvalue weighted by Gasteiger charge is 2.18. The lowest BCUT2D eigenvalue weighted by molar-refractivity contribution is -0.121. The van der Waals surface area contributed by atoms with E-state index in [1.807, 2.05) is 0 Å². The summed E-state index contributed by atoms with van der Waals surface area (Å²) in [4.78, 5) is 12.2. The van der Waals surface area contributed by atoms with E-state index in [1.165, 1.54) is 38.5 Å². The standard InChI is InChI=1S/C15H28BrNO/c1-3-13(4-2)14(16)11-17-15(18)10-9-12-7-5-6-8-12/h12-14H,3-11H2,1-2H3,(H,17,18). The molecule has 1 fully saturated rings. The Kier molecular flexibility index (Phi) is 7.96. The molecule has 1 N–H and O–H groups in total. The summed E-state index contributed by atoms with van der Waals surface area (Å²) in [7, 11) is 0. The van der Waals surface area contributed by atoms with Gasteiger partial charge in [0.25, 0.3) is 0 Å². The molecular formula is C15H28BrNO. The van der Waals surface area contributed by atoms with E-state index in [0.29, 0.717) is 17.2 Å². The molecule has 0 aromatic rings. The van der Waals surface area contributed by atoms with Gasteiger partial charge in [0.05, 0.1) is 0 Å². The van der Waals surface area contributed by atoms with Crippen LogP contribution in [0.25, 0.3) is 0 Å². The molecule has 1 saturated carbocycles. The molecule has 1 amide bonds. The molecule has 0 aromatic heterocycles. The van der Waals surface area contributed by atoms with Crippen LogP contribution in [0.2, 0.25) is 0 Å². The second-order valence-electron chi connectivity index (χ2n) is 5.59. The maximum absolute atomic E-state index is 11.8. The van der Waals surface area contributed by atoms with E-state index in [1.54, 1.807) is 0 Å². The Bertz CT molecular complexity index is 235. The highest BCUT2D eigenvalue weighted by molar-refractivity contribution is 9.09. The second-order valence-corrected chi connectivity index (χ2v) is 6.76. The first kappa shape index (κ1) is 16.0. The van der Waals surface area contributed by atoms with E-state index in [2.05, 4.69) is 35.1 Å². The van der Waals surface area contributed by atoms with Crippen molar-refractivity contribution in [1.82, 2.24) is 5.32 Å². The Balaban J connectivity index is 2.11. The Morgan fingerprint density at radius 3 is 2.44 bits per heavy atom. The smallest absolute Gasteiger partial charge is 0.220 e. The molecule has 0 aliphatic heterocycles. The van der Waals surface area contributed by atoms with Crippen LogP contribution in [0.15, 0.2) is 0 Å². The van der Waals surface area contributed by atoms with Crippen LogP contribution >= 0.6 is 15.9 Å². The monoisotopic (exact) mass is 317 g/mol. The van der Waals surface area contributed by atoms with Gasteiger partial charge in [-0.1, -0.05) is 68.3 Å². The average Bonchev–Trinajstić information content (AvgIpc) is 2.88. The predicted octanol–water partition coefficient (Wildman–Crippen LogP) is 4.27. The van der Waals surface area contributed by atoms with Gasteiger partial charge in [-0.05, 0) is 18.3 Å². The summed E-state index contributed by atoms with van der Waals surface area (Å²) in [5, 5.41) is 3.07. The van der Waals surface area contributed by atoms with Crippen LogP contribution in [0.3, 0.4) is 0 Å². The SMILES string of the molecule is CCC(CC)C(Br)CNC(=O)CCC1CCCC1. The topological polar surface area (TPSA) is 29.1 Å². The van der Waals surface area contributed by atoms with Gasteiger partial charge in [-0.3, -0.25) is 4.79 Å². The molecular weight excluding hydrogens is 290 g/mol. The van der Waals surface area contributed by atoms with E-state index in [0.717, 1.165) is 18.9 Å². The zero-order valence-electron chi connectivity index (χ0n) is 11.9. The molecule has 1 aliphatic rings. The number of nitrogens with one attached hydrogen (secondary N) is 1. The Labute approximate surface area is 120 Å². The van der Waals surface area contributed by atoms with Crippen LogP contribution in [0.1, 0.15) is 65.2 Å². The summed E-state index contributed by atoms with van der Waals surface area (Å²) in [6.45, 7) is 5.20. The fourth-order valence-electron chi connectivity index (χ4n) is 2.90. The van der Waals surface area contributed by atoms with Crippen LogP contribution in [0.5, 0.6) is 0 Å². The maximum atomic E-state index is 11.8. The molecule has 2 nitrogen and oxygen atoms in total. The molecule has 0 aromatic carbocycles. The van der Waals surface area contributed by atoms with Gasteiger partial charge in [0.2, 0.25) is 5.91 Å². The van der Waals surface area contributed by atoms with E-state index in [4.69, 9.17) is 0 Å².